The SMILES string of the molecule is CCc1cccc(CC)c1[Si]1(c2c(CC)cccc2CC)C[Si](c2c(CC)cccc2CC)(c2c(CC)cccc2CC)C(c2ccccc2)=N1. The lowest BCUT2D eigenvalue weighted by Crippen LogP contribution is -2.71. The molecule has 1 nitrogen and oxygen atoms in total. The minimum Gasteiger partial charge on any atom is -0.317 e. The fourth-order valence-corrected chi connectivity index (χ4v) is 26.8. The quantitative estimate of drug-likeness (QED) is 0.108. The number of hydrogen-bond acceptors (Lipinski definition) is 1. The summed E-state index contributed by atoms with van der Waals surface area (Å²) in [6.07, 6.45) is 8.21. The molecule has 6 rings (SSSR count). The maximum Gasteiger partial charge on any atom is 0.241 e. The summed E-state index contributed by atoms with van der Waals surface area (Å²) in [5.74, 6) is 0. The highest BCUT2D eigenvalue weighted by atomic mass is 28.4. The van der Waals surface area contributed by atoms with E-state index >= 15 is 0 Å². The van der Waals surface area contributed by atoms with Crippen LogP contribution in [-0.4, -0.2) is 21.6 Å². The lowest BCUT2D eigenvalue weighted by Gasteiger charge is -2.40. The Labute approximate surface area is 311 Å². The summed E-state index contributed by atoms with van der Waals surface area (Å²) in [5.41, 5.74) is 14.6. The van der Waals surface area contributed by atoms with Crippen LogP contribution in [0.15, 0.2) is 108 Å². The predicted molar refractivity (Wildman–Crippen MR) is 229 cm³/mol. The van der Waals surface area contributed by atoms with Crippen LogP contribution in [0, 0.1) is 0 Å². The zero-order valence-corrected chi connectivity index (χ0v) is 34.6. The fraction of sp³-hybridized carbons (Fsp3) is 0.354. The van der Waals surface area contributed by atoms with Crippen molar-refractivity contribution >= 4 is 42.4 Å². The van der Waals surface area contributed by atoms with Gasteiger partial charge in [0.05, 0.1) is 0 Å². The molecule has 51 heavy (non-hydrogen) atoms. The Kier molecular flexibility index (Phi) is 11.5. The average Bonchev–Trinajstić information content (AvgIpc) is 3.56. The van der Waals surface area contributed by atoms with E-state index in [2.05, 4.69) is 159 Å². The van der Waals surface area contributed by atoms with E-state index in [9.17, 15) is 0 Å². The Morgan fingerprint density at radius 2 is 0.667 bits per heavy atom. The summed E-state index contributed by atoms with van der Waals surface area (Å²) in [5, 5.41) is 8.00. The third kappa shape index (κ3) is 6.15. The molecular weight excluding hydrogens is 647 g/mol. The first-order chi connectivity index (χ1) is 24.9. The van der Waals surface area contributed by atoms with Crippen LogP contribution in [-0.2, 0) is 51.4 Å². The molecule has 0 amide bonds. The Balaban J connectivity index is 1.96. The van der Waals surface area contributed by atoms with Crippen LogP contribution in [0.1, 0.15) is 105 Å². The molecule has 0 aliphatic carbocycles. The molecule has 0 unspecified atom stereocenters. The van der Waals surface area contributed by atoms with Gasteiger partial charge in [0.15, 0.2) is 8.07 Å². The molecule has 0 N–H and O–H groups in total. The Morgan fingerprint density at radius 3 is 0.961 bits per heavy atom. The first-order valence-electron chi connectivity index (χ1n) is 20.0. The summed E-state index contributed by atoms with van der Waals surface area (Å²) < 4.78 is 6.69. The second-order valence-electron chi connectivity index (χ2n) is 14.4. The standard InChI is InChI=1S/C48H59NSi2/c1-9-35-26-20-27-36(10-2)44(35)50(45-37(11-3)28-21-29-38(45)12-4)34-51(49-48(50)43-24-18-17-19-25-43,46-39(13-5)30-22-31-40(46)14-6)47-41(15-7)32-23-33-42(47)16-8/h17-33H,9-16,34H2,1-8H3. The van der Waals surface area contributed by atoms with Crippen LogP contribution in [0.2, 0.25) is 5.67 Å². The van der Waals surface area contributed by atoms with Crippen molar-refractivity contribution in [3.8, 4) is 0 Å². The van der Waals surface area contributed by atoms with Gasteiger partial charge < -0.3 is 4.66 Å². The van der Waals surface area contributed by atoms with Crippen LogP contribution < -0.4 is 20.7 Å². The van der Waals surface area contributed by atoms with Crippen LogP contribution in [0.5, 0.6) is 0 Å². The number of benzene rings is 5. The lowest BCUT2D eigenvalue weighted by atomic mass is 10.1. The molecule has 0 radical (unpaired) electrons. The highest BCUT2D eigenvalue weighted by Gasteiger charge is 2.61. The Hall–Kier alpha value is -3.80. The van der Waals surface area contributed by atoms with Crippen molar-refractivity contribution in [3.63, 3.8) is 0 Å². The highest BCUT2D eigenvalue weighted by Crippen LogP contribution is 2.39. The molecule has 0 aromatic heterocycles. The van der Waals surface area contributed by atoms with Crippen LogP contribution >= 0.6 is 0 Å². The molecule has 0 fully saturated rings. The first-order valence-corrected chi connectivity index (χ1v) is 24.4. The zero-order valence-electron chi connectivity index (χ0n) is 32.6. The van der Waals surface area contributed by atoms with Gasteiger partial charge in [-0.3, -0.25) is 0 Å². The Morgan fingerprint density at radius 1 is 0.373 bits per heavy atom. The van der Waals surface area contributed by atoms with Gasteiger partial charge >= 0.3 is 0 Å². The monoisotopic (exact) mass is 705 g/mol. The van der Waals surface area contributed by atoms with E-state index in [1.54, 1.807) is 20.7 Å². The maximum atomic E-state index is 6.69. The molecule has 0 spiro atoms. The van der Waals surface area contributed by atoms with Gasteiger partial charge in [-0.05, 0) is 128 Å². The van der Waals surface area contributed by atoms with E-state index in [0.717, 1.165) is 57.0 Å². The largest absolute Gasteiger partial charge is 0.317 e. The summed E-state index contributed by atoms with van der Waals surface area (Å²) in [7, 11) is -5.74. The molecule has 0 saturated carbocycles. The average molecular weight is 706 g/mol. The molecule has 1 heterocycles. The molecule has 1 aliphatic heterocycles. The van der Waals surface area contributed by atoms with Crippen LogP contribution in [0.25, 0.3) is 0 Å². The van der Waals surface area contributed by atoms with Gasteiger partial charge in [0.2, 0.25) is 8.24 Å². The number of hydrogen-bond donors (Lipinski definition) is 0. The van der Waals surface area contributed by atoms with E-state index in [4.69, 9.17) is 4.66 Å². The van der Waals surface area contributed by atoms with Crippen molar-refractivity contribution in [1.82, 2.24) is 0 Å². The van der Waals surface area contributed by atoms with Crippen molar-refractivity contribution in [3.05, 3.63) is 153 Å². The van der Waals surface area contributed by atoms with Gasteiger partial charge in [-0.2, -0.15) is 0 Å². The van der Waals surface area contributed by atoms with E-state index in [1.165, 1.54) is 55.4 Å². The minimum atomic E-state index is -2.89. The van der Waals surface area contributed by atoms with Crippen molar-refractivity contribution in [2.24, 2.45) is 4.66 Å². The van der Waals surface area contributed by atoms with Crippen LogP contribution in [0.3, 0.4) is 0 Å². The molecule has 264 valence electrons. The highest BCUT2D eigenvalue weighted by molar-refractivity contribution is 7.35. The molecule has 1 aliphatic rings. The number of nitrogens with zero attached hydrogens (tertiary/aromatic N) is 1. The predicted octanol–water partition coefficient (Wildman–Crippen LogP) is 9.09. The number of aryl methyl sites for hydroxylation is 8. The summed E-state index contributed by atoms with van der Waals surface area (Å²) >= 11 is 0. The molecule has 0 saturated heterocycles. The van der Waals surface area contributed by atoms with E-state index in [1.807, 2.05) is 0 Å². The molecule has 0 atom stereocenters. The van der Waals surface area contributed by atoms with Gasteiger partial charge in [-0.25, -0.2) is 0 Å². The van der Waals surface area contributed by atoms with E-state index < -0.39 is 16.3 Å². The van der Waals surface area contributed by atoms with E-state index in [0.29, 0.717) is 0 Å². The van der Waals surface area contributed by atoms with Gasteiger partial charge in [0.1, 0.15) is 0 Å². The van der Waals surface area contributed by atoms with Gasteiger partial charge in [-0.15, -0.1) is 0 Å². The van der Waals surface area contributed by atoms with E-state index in [-0.39, 0.29) is 0 Å². The van der Waals surface area contributed by atoms with Gasteiger partial charge in [-0.1, -0.05) is 159 Å². The molecule has 5 aromatic rings. The normalized spacial score (nSPS) is 14.9. The van der Waals surface area contributed by atoms with Crippen LogP contribution in [0.4, 0.5) is 0 Å². The van der Waals surface area contributed by atoms with Crippen molar-refractivity contribution in [1.29, 1.82) is 0 Å². The fourth-order valence-electron chi connectivity index (χ4n) is 9.78. The summed E-state index contributed by atoms with van der Waals surface area (Å²) in [4.78, 5) is 0. The second kappa shape index (κ2) is 15.8. The molecule has 0 bridgehead atoms. The van der Waals surface area contributed by atoms with Crippen molar-refractivity contribution in [2.45, 2.75) is 112 Å². The second-order valence-corrected chi connectivity index (χ2v) is 22.0. The topological polar surface area (TPSA) is 12.4 Å². The Bertz CT molecular complexity index is 1820. The summed E-state index contributed by atoms with van der Waals surface area (Å²) in [6, 6.07) is 40.4. The summed E-state index contributed by atoms with van der Waals surface area (Å²) in [6.45, 7) is 19.0. The maximum absolute atomic E-state index is 6.69. The molecular formula is C48H59NSi2. The minimum absolute atomic E-state index is 1.02. The van der Waals surface area contributed by atoms with Gasteiger partial charge in [0, 0.05) is 5.33 Å². The van der Waals surface area contributed by atoms with Crippen molar-refractivity contribution < 1.29 is 0 Å². The first kappa shape index (κ1) is 37.0. The lowest BCUT2D eigenvalue weighted by molar-refractivity contribution is 1.09. The molecule has 5 aromatic carbocycles. The third-order valence-electron chi connectivity index (χ3n) is 12.0. The number of rotatable bonds is 13. The third-order valence-corrected chi connectivity index (χ3v) is 24.1. The zero-order chi connectivity index (χ0) is 36.2. The van der Waals surface area contributed by atoms with Gasteiger partial charge in [0.25, 0.3) is 0 Å². The smallest absolute Gasteiger partial charge is 0.241 e. The van der Waals surface area contributed by atoms with Crippen molar-refractivity contribution in [2.75, 3.05) is 0 Å². The molecule has 3 heteroatoms.